The minimum Gasteiger partial charge on any atom is -0.478 e. The van der Waals surface area contributed by atoms with Crippen LogP contribution in [0.15, 0.2) is 42.5 Å². The molecule has 0 spiro atoms. The van der Waals surface area contributed by atoms with Crippen molar-refractivity contribution in [2.45, 2.75) is 6.92 Å². The van der Waals surface area contributed by atoms with Crippen LogP contribution in [0.1, 0.15) is 21.5 Å². The van der Waals surface area contributed by atoms with Crippen molar-refractivity contribution >= 4 is 17.3 Å². The molecule has 4 heteroatoms. The maximum absolute atomic E-state index is 11.3. The fourth-order valence-corrected chi connectivity index (χ4v) is 2.09. The second-order valence-corrected chi connectivity index (χ2v) is 4.51. The van der Waals surface area contributed by atoms with E-state index in [9.17, 15) is 9.90 Å². The summed E-state index contributed by atoms with van der Waals surface area (Å²) in [6, 6.07) is 14.4. The van der Waals surface area contributed by atoms with Crippen molar-refractivity contribution in [3.8, 4) is 6.07 Å². The lowest BCUT2D eigenvalue weighted by molar-refractivity contribution is 0.0697. The number of aromatic carboxylic acids is 1. The van der Waals surface area contributed by atoms with Crippen LogP contribution in [0.3, 0.4) is 0 Å². The van der Waals surface area contributed by atoms with Gasteiger partial charge >= 0.3 is 5.97 Å². The highest BCUT2D eigenvalue weighted by atomic mass is 16.4. The van der Waals surface area contributed by atoms with Gasteiger partial charge in [0.2, 0.25) is 0 Å². The fourth-order valence-electron chi connectivity index (χ4n) is 2.09. The highest BCUT2D eigenvalue weighted by molar-refractivity contribution is 5.96. The van der Waals surface area contributed by atoms with Crippen molar-refractivity contribution < 1.29 is 9.90 Å². The van der Waals surface area contributed by atoms with Gasteiger partial charge < -0.3 is 10.0 Å². The van der Waals surface area contributed by atoms with Crippen LogP contribution in [-0.4, -0.2) is 18.1 Å². The number of anilines is 2. The fraction of sp³-hybridized carbons (Fsp3) is 0.125. The molecule has 0 aliphatic carbocycles. The van der Waals surface area contributed by atoms with Crippen LogP contribution in [0.2, 0.25) is 0 Å². The molecule has 100 valence electrons. The van der Waals surface area contributed by atoms with Gasteiger partial charge in [0.15, 0.2) is 0 Å². The molecule has 2 rings (SSSR count). The molecule has 0 aliphatic heterocycles. The van der Waals surface area contributed by atoms with E-state index in [2.05, 4.69) is 6.07 Å². The third-order valence-corrected chi connectivity index (χ3v) is 3.13. The van der Waals surface area contributed by atoms with Gasteiger partial charge in [0.1, 0.15) is 6.07 Å². The second-order valence-electron chi connectivity index (χ2n) is 4.51. The Morgan fingerprint density at radius 2 is 1.90 bits per heavy atom. The number of hydrogen-bond donors (Lipinski definition) is 1. The van der Waals surface area contributed by atoms with Crippen LogP contribution in [0, 0.1) is 18.3 Å². The first-order valence-corrected chi connectivity index (χ1v) is 6.11. The van der Waals surface area contributed by atoms with Crippen molar-refractivity contribution in [1.82, 2.24) is 0 Å². The lowest BCUT2D eigenvalue weighted by Gasteiger charge is -2.22. The van der Waals surface area contributed by atoms with Gasteiger partial charge in [0.25, 0.3) is 0 Å². The highest BCUT2D eigenvalue weighted by Crippen LogP contribution is 2.30. The summed E-state index contributed by atoms with van der Waals surface area (Å²) in [5, 5.41) is 18.4. The van der Waals surface area contributed by atoms with E-state index in [0.717, 1.165) is 5.56 Å². The van der Waals surface area contributed by atoms with E-state index in [-0.39, 0.29) is 5.56 Å². The second kappa shape index (κ2) is 5.45. The number of carboxylic acids is 1. The molecule has 0 bridgehead atoms. The summed E-state index contributed by atoms with van der Waals surface area (Å²) in [7, 11) is 1.76. The summed E-state index contributed by atoms with van der Waals surface area (Å²) in [5.74, 6) is -0.985. The normalized spacial score (nSPS) is 9.85. The Balaban J connectivity index is 2.59. The van der Waals surface area contributed by atoms with Gasteiger partial charge in [0.05, 0.1) is 22.5 Å². The molecular weight excluding hydrogens is 252 g/mol. The Kier molecular flexibility index (Phi) is 3.72. The average molecular weight is 266 g/mol. The molecular formula is C16H14N2O2. The molecule has 0 saturated carbocycles. The zero-order chi connectivity index (χ0) is 14.7. The maximum atomic E-state index is 11.3. The largest absolute Gasteiger partial charge is 0.478 e. The molecule has 0 aliphatic rings. The van der Waals surface area contributed by atoms with E-state index in [4.69, 9.17) is 5.26 Å². The van der Waals surface area contributed by atoms with Gasteiger partial charge in [-0.15, -0.1) is 0 Å². The predicted octanol–water partition coefficient (Wildman–Crippen LogP) is 3.33. The molecule has 2 aromatic carbocycles. The summed E-state index contributed by atoms with van der Waals surface area (Å²) in [6.07, 6.45) is 0. The van der Waals surface area contributed by atoms with Crippen LogP contribution in [0.4, 0.5) is 11.4 Å². The van der Waals surface area contributed by atoms with Gasteiger partial charge in [-0.05, 0) is 36.8 Å². The molecule has 0 unspecified atom stereocenters. The molecule has 0 aromatic heterocycles. The number of hydrogen-bond acceptors (Lipinski definition) is 3. The molecule has 20 heavy (non-hydrogen) atoms. The van der Waals surface area contributed by atoms with Gasteiger partial charge in [-0.1, -0.05) is 18.2 Å². The van der Waals surface area contributed by atoms with Crippen LogP contribution in [-0.2, 0) is 0 Å². The number of aryl methyl sites for hydroxylation is 1. The first-order chi connectivity index (χ1) is 9.54. The molecule has 0 atom stereocenters. The number of carboxylic acid groups (broad SMARTS) is 1. The Morgan fingerprint density at radius 3 is 2.55 bits per heavy atom. The minimum atomic E-state index is -0.985. The van der Waals surface area contributed by atoms with E-state index >= 15 is 0 Å². The van der Waals surface area contributed by atoms with Crippen LogP contribution >= 0.6 is 0 Å². The molecule has 0 amide bonds. The number of nitriles is 1. The lowest BCUT2D eigenvalue weighted by atomic mass is 10.1. The zero-order valence-electron chi connectivity index (χ0n) is 11.3. The van der Waals surface area contributed by atoms with Gasteiger partial charge in [0, 0.05) is 7.05 Å². The van der Waals surface area contributed by atoms with E-state index in [1.165, 1.54) is 0 Å². The maximum Gasteiger partial charge on any atom is 0.337 e. The summed E-state index contributed by atoms with van der Waals surface area (Å²) in [4.78, 5) is 13.1. The predicted molar refractivity (Wildman–Crippen MR) is 77.4 cm³/mol. The summed E-state index contributed by atoms with van der Waals surface area (Å²) in [5.41, 5.74) is 2.94. The summed E-state index contributed by atoms with van der Waals surface area (Å²) >= 11 is 0. The standard InChI is InChI=1S/C16H14N2O2/c1-11-7-8-13(16(19)20)15(9-11)18(2)14-6-4-3-5-12(14)10-17/h3-9H,1-2H3,(H,19,20). The van der Waals surface area contributed by atoms with E-state index in [1.54, 1.807) is 48.3 Å². The number of rotatable bonds is 3. The van der Waals surface area contributed by atoms with Gasteiger partial charge in [-0.3, -0.25) is 0 Å². The number of benzene rings is 2. The first kappa shape index (κ1) is 13.6. The van der Waals surface area contributed by atoms with Gasteiger partial charge in [-0.2, -0.15) is 5.26 Å². The Morgan fingerprint density at radius 1 is 1.20 bits per heavy atom. The SMILES string of the molecule is Cc1ccc(C(=O)O)c(N(C)c2ccccc2C#N)c1. The molecule has 0 saturated heterocycles. The van der Waals surface area contributed by atoms with E-state index < -0.39 is 5.97 Å². The highest BCUT2D eigenvalue weighted by Gasteiger charge is 2.16. The van der Waals surface area contributed by atoms with Crippen molar-refractivity contribution in [3.05, 3.63) is 59.2 Å². The van der Waals surface area contributed by atoms with Crippen molar-refractivity contribution in [2.75, 3.05) is 11.9 Å². The molecule has 4 nitrogen and oxygen atoms in total. The number of nitrogens with zero attached hydrogens (tertiary/aromatic N) is 2. The molecule has 0 radical (unpaired) electrons. The summed E-state index contributed by atoms with van der Waals surface area (Å²) in [6.45, 7) is 1.90. The molecule has 1 N–H and O–H groups in total. The molecule has 2 aromatic rings. The van der Waals surface area contributed by atoms with Crippen molar-refractivity contribution in [1.29, 1.82) is 5.26 Å². The van der Waals surface area contributed by atoms with Gasteiger partial charge in [-0.25, -0.2) is 4.79 Å². The zero-order valence-corrected chi connectivity index (χ0v) is 11.3. The summed E-state index contributed by atoms with van der Waals surface area (Å²) < 4.78 is 0. The number of para-hydroxylation sites is 1. The van der Waals surface area contributed by atoms with E-state index in [0.29, 0.717) is 16.9 Å². The monoisotopic (exact) mass is 266 g/mol. The van der Waals surface area contributed by atoms with Crippen LogP contribution < -0.4 is 4.90 Å². The Labute approximate surface area is 117 Å². The minimum absolute atomic E-state index is 0.214. The Hall–Kier alpha value is -2.80. The van der Waals surface area contributed by atoms with Crippen LogP contribution in [0.5, 0.6) is 0 Å². The quantitative estimate of drug-likeness (QED) is 0.925. The topological polar surface area (TPSA) is 64.3 Å². The van der Waals surface area contributed by atoms with Crippen molar-refractivity contribution in [2.24, 2.45) is 0 Å². The van der Waals surface area contributed by atoms with E-state index in [1.807, 2.05) is 13.0 Å². The molecule has 0 fully saturated rings. The average Bonchev–Trinajstić information content (AvgIpc) is 2.46. The number of carbonyl (C=O) groups is 1. The first-order valence-electron chi connectivity index (χ1n) is 6.11. The lowest BCUT2D eigenvalue weighted by Crippen LogP contribution is -2.15. The third kappa shape index (κ3) is 2.47. The third-order valence-electron chi connectivity index (χ3n) is 3.13. The molecule has 0 heterocycles. The Bertz CT molecular complexity index is 702. The van der Waals surface area contributed by atoms with Crippen LogP contribution in [0.25, 0.3) is 0 Å². The van der Waals surface area contributed by atoms with Crippen molar-refractivity contribution in [3.63, 3.8) is 0 Å². The smallest absolute Gasteiger partial charge is 0.337 e.